The van der Waals surface area contributed by atoms with Gasteiger partial charge in [0.25, 0.3) is 0 Å². The predicted molar refractivity (Wildman–Crippen MR) is 171 cm³/mol. The number of carbonyl (C=O) groups excluding carboxylic acids is 1. The van der Waals surface area contributed by atoms with Gasteiger partial charge < -0.3 is 15.1 Å². The fraction of sp³-hybridized carbons (Fsp3) is 0.895. The number of nitrogens with zero attached hydrogens (tertiary/aromatic N) is 1. The van der Waals surface area contributed by atoms with Crippen molar-refractivity contribution in [3.05, 3.63) is 12.2 Å². The van der Waals surface area contributed by atoms with Crippen LogP contribution in [-0.4, -0.2) is 46.2 Å². The van der Waals surface area contributed by atoms with Gasteiger partial charge in [0.2, 0.25) is 5.91 Å². The van der Waals surface area contributed by atoms with Crippen molar-refractivity contribution in [1.29, 1.82) is 0 Å². The molecule has 43 heavy (non-hydrogen) atoms. The van der Waals surface area contributed by atoms with Crippen molar-refractivity contribution >= 4 is 11.9 Å². The summed E-state index contributed by atoms with van der Waals surface area (Å²) in [6.45, 7) is 22.4. The number of amides is 1. The zero-order chi connectivity index (χ0) is 31.4. The minimum atomic E-state index is -0.695. The minimum absolute atomic E-state index is 0.0405. The van der Waals surface area contributed by atoms with Crippen LogP contribution in [0.5, 0.6) is 0 Å². The standard InChI is InChI=1S/C38H61NO4/c1-9-37(32(42)43)20-22-39(23-21-37)31(41)38-17-12-25(24(2)3)30(38)26-10-11-28-34(6)15-14-29(40)33(4,5)27(34)13-16-36(28,8)35(26,7)18-19-38/h25-30,40H,2,9-23H2,1,3-8H3,(H,42,43)/t25-,26+,27-,28+,29?,30+,34-,35+,36+,38-/m0/s1. The number of fused-ring (bicyclic) bond motifs is 7. The average Bonchev–Trinajstić information content (AvgIpc) is 3.36. The van der Waals surface area contributed by atoms with Crippen LogP contribution in [0.25, 0.3) is 0 Å². The summed E-state index contributed by atoms with van der Waals surface area (Å²) in [4.78, 5) is 29.0. The molecule has 0 aromatic rings. The molecule has 6 aliphatic rings. The maximum absolute atomic E-state index is 14.8. The molecular formula is C38H61NO4. The van der Waals surface area contributed by atoms with Gasteiger partial charge >= 0.3 is 5.97 Å². The monoisotopic (exact) mass is 595 g/mol. The van der Waals surface area contributed by atoms with E-state index in [0.29, 0.717) is 67.8 Å². The Morgan fingerprint density at radius 3 is 2.09 bits per heavy atom. The molecule has 10 atom stereocenters. The molecule has 1 amide bonds. The Morgan fingerprint density at radius 2 is 1.49 bits per heavy atom. The van der Waals surface area contributed by atoms with Gasteiger partial charge in [-0.2, -0.15) is 0 Å². The Bertz CT molecular complexity index is 1170. The number of hydrogen-bond acceptors (Lipinski definition) is 3. The van der Waals surface area contributed by atoms with E-state index in [0.717, 1.165) is 38.5 Å². The number of aliphatic hydroxyl groups excluding tert-OH is 1. The molecule has 5 heteroatoms. The van der Waals surface area contributed by atoms with E-state index in [1.54, 1.807) is 0 Å². The van der Waals surface area contributed by atoms with Crippen LogP contribution < -0.4 is 0 Å². The van der Waals surface area contributed by atoms with Crippen molar-refractivity contribution in [2.45, 2.75) is 138 Å². The molecule has 1 saturated heterocycles. The SMILES string of the molecule is C=C(C)[C@@H]1CC[C@]2(C(=O)N3CCC(CC)(C(=O)O)CC3)CC[C@]3(C)[C@H](CC[C@@H]4[C@@]5(C)CCC(O)C(C)(C)[C@@H]5CC[C@]43C)[C@@H]12. The van der Waals surface area contributed by atoms with Gasteiger partial charge in [-0.25, -0.2) is 0 Å². The molecule has 6 rings (SSSR count). The molecule has 1 aliphatic heterocycles. The number of likely N-dealkylation sites (tertiary alicyclic amines) is 1. The topological polar surface area (TPSA) is 77.8 Å². The first-order chi connectivity index (χ1) is 20.0. The van der Waals surface area contributed by atoms with Crippen LogP contribution in [0.3, 0.4) is 0 Å². The van der Waals surface area contributed by atoms with Crippen LogP contribution in [-0.2, 0) is 9.59 Å². The summed E-state index contributed by atoms with van der Waals surface area (Å²) >= 11 is 0. The Kier molecular flexibility index (Phi) is 7.40. The minimum Gasteiger partial charge on any atom is -0.481 e. The van der Waals surface area contributed by atoms with Crippen LogP contribution in [0.2, 0.25) is 0 Å². The zero-order valence-corrected chi connectivity index (χ0v) is 28.4. The summed E-state index contributed by atoms with van der Waals surface area (Å²) in [7, 11) is 0. The van der Waals surface area contributed by atoms with E-state index in [1.165, 1.54) is 31.3 Å². The summed E-state index contributed by atoms with van der Waals surface area (Å²) < 4.78 is 0. The van der Waals surface area contributed by atoms with E-state index in [4.69, 9.17) is 0 Å². The number of carboxylic acid groups (broad SMARTS) is 1. The number of carbonyl (C=O) groups is 2. The highest BCUT2D eigenvalue weighted by Gasteiger charge is 2.72. The van der Waals surface area contributed by atoms with Gasteiger partial charge in [-0.3, -0.25) is 9.59 Å². The summed E-state index contributed by atoms with van der Waals surface area (Å²) in [6, 6.07) is 0. The fourth-order valence-electron chi connectivity index (χ4n) is 13.7. The number of piperidine rings is 1. The van der Waals surface area contributed by atoms with Crippen LogP contribution in [0.4, 0.5) is 0 Å². The molecule has 5 aliphatic carbocycles. The van der Waals surface area contributed by atoms with Crippen molar-refractivity contribution < 1.29 is 19.8 Å². The first kappa shape index (κ1) is 31.6. The van der Waals surface area contributed by atoms with Gasteiger partial charge in [-0.15, -0.1) is 0 Å². The van der Waals surface area contributed by atoms with E-state index in [1.807, 2.05) is 6.92 Å². The number of hydrogen-bond donors (Lipinski definition) is 2. The molecule has 5 nitrogen and oxygen atoms in total. The highest BCUT2D eigenvalue weighted by atomic mass is 16.4. The van der Waals surface area contributed by atoms with Crippen molar-refractivity contribution in [2.24, 2.45) is 62.1 Å². The second-order valence-corrected chi connectivity index (χ2v) is 17.9. The molecule has 0 radical (unpaired) electrons. The molecule has 6 fully saturated rings. The van der Waals surface area contributed by atoms with Crippen LogP contribution in [0, 0.1) is 62.1 Å². The van der Waals surface area contributed by atoms with Gasteiger partial charge in [-0.05, 0) is 142 Å². The molecular weight excluding hydrogens is 534 g/mol. The quantitative estimate of drug-likeness (QED) is 0.322. The Labute approximate surface area is 261 Å². The fourth-order valence-corrected chi connectivity index (χ4v) is 13.7. The van der Waals surface area contributed by atoms with Gasteiger partial charge in [0.1, 0.15) is 0 Å². The number of carboxylic acids is 1. The molecule has 242 valence electrons. The molecule has 2 N–H and O–H groups in total. The highest BCUT2D eigenvalue weighted by Crippen LogP contribution is 2.77. The maximum atomic E-state index is 14.8. The van der Waals surface area contributed by atoms with Gasteiger partial charge in [0.15, 0.2) is 0 Å². The number of allylic oxidation sites excluding steroid dienone is 1. The van der Waals surface area contributed by atoms with E-state index < -0.39 is 11.4 Å². The predicted octanol–water partition coefficient (Wildman–Crippen LogP) is 8.11. The maximum Gasteiger partial charge on any atom is 0.309 e. The van der Waals surface area contributed by atoms with Gasteiger partial charge in [-0.1, -0.05) is 53.7 Å². The van der Waals surface area contributed by atoms with E-state index in [-0.39, 0.29) is 33.2 Å². The molecule has 5 saturated carbocycles. The second-order valence-electron chi connectivity index (χ2n) is 17.9. The first-order valence-corrected chi connectivity index (χ1v) is 17.9. The molecule has 0 spiro atoms. The zero-order valence-electron chi connectivity index (χ0n) is 28.4. The van der Waals surface area contributed by atoms with Crippen LogP contribution in [0.15, 0.2) is 12.2 Å². The first-order valence-electron chi connectivity index (χ1n) is 17.9. The summed E-state index contributed by atoms with van der Waals surface area (Å²) in [6.07, 6.45) is 12.6. The van der Waals surface area contributed by atoms with Crippen molar-refractivity contribution in [3.8, 4) is 0 Å². The van der Waals surface area contributed by atoms with Gasteiger partial charge in [0.05, 0.1) is 16.9 Å². The Hall–Kier alpha value is -1.36. The molecule has 0 aromatic heterocycles. The number of rotatable bonds is 4. The molecule has 0 aromatic carbocycles. The van der Waals surface area contributed by atoms with Gasteiger partial charge in [0, 0.05) is 13.1 Å². The van der Waals surface area contributed by atoms with E-state index >= 15 is 0 Å². The average molecular weight is 596 g/mol. The van der Waals surface area contributed by atoms with E-state index in [2.05, 4.69) is 53.0 Å². The molecule has 1 heterocycles. The highest BCUT2D eigenvalue weighted by molar-refractivity contribution is 5.84. The summed E-state index contributed by atoms with van der Waals surface area (Å²) in [5.74, 6) is 2.09. The van der Waals surface area contributed by atoms with Crippen LogP contribution >= 0.6 is 0 Å². The smallest absolute Gasteiger partial charge is 0.309 e. The lowest BCUT2D eigenvalue weighted by Crippen LogP contribution is -2.67. The lowest BCUT2D eigenvalue weighted by molar-refractivity contribution is -0.247. The van der Waals surface area contributed by atoms with Crippen molar-refractivity contribution in [2.75, 3.05) is 13.1 Å². The Morgan fingerprint density at radius 1 is 0.814 bits per heavy atom. The van der Waals surface area contributed by atoms with E-state index in [9.17, 15) is 19.8 Å². The largest absolute Gasteiger partial charge is 0.481 e. The molecule has 0 bridgehead atoms. The third-order valence-corrected chi connectivity index (χ3v) is 16.6. The second kappa shape index (κ2) is 10.1. The third kappa shape index (κ3) is 4.03. The lowest BCUT2D eigenvalue weighted by Gasteiger charge is -2.73. The summed E-state index contributed by atoms with van der Waals surface area (Å²) in [5, 5.41) is 21.0. The number of aliphatic hydroxyl groups is 1. The third-order valence-electron chi connectivity index (χ3n) is 16.6. The number of aliphatic carboxylic acids is 1. The normalized spacial score (nSPS) is 48.3. The molecule has 1 unspecified atom stereocenters. The Balaban J connectivity index is 1.33. The van der Waals surface area contributed by atoms with Crippen molar-refractivity contribution in [1.82, 2.24) is 4.90 Å². The van der Waals surface area contributed by atoms with Crippen molar-refractivity contribution in [3.63, 3.8) is 0 Å². The van der Waals surface area contributed by atoms with Crippen LogP contribution in [0.1, 0.15) is 132 Å². The summed E-state index contributed by atoms with van der Waals surface area (Å²) in [5.41, 5.74) is 0.862. The lowest BCUT2D eigenvalue weighted by atomic mass is 9.32.